The van der Waals surface area contributed by atoms with Crippen molar-refractivity contribution in [3.63, 3.8) is 0 Å². The molecule has 0 aliphatic carbocycles. The van der Waals surface area contributed by atoms with E-state index in [2.05, 4.69) is 10.4 Å². The third-order valence-corrected chi connectivity index (χ3v) is 3.45. The van der Waals surface area contributed by atoms with E-state index in [1.165, 1.54) is 0 Å². The van der Waals surface area contributed by atoms with E-state index >= 15 is 0 Å². The number of ether oxygens (including phenoxy) is 1. The molecule has 1 aliphatic heterocycles. The summed E-state index contributed by atoms with van der Waals surface area (Å²) in [5.74, 6) is 1.18. The number of carbonyl (C=O) groups excluding carboxylic acids is 1. The fourth-order valence-electron chi connectivity index (χ4n) is 2.33. The highest BCUT2D eigenvalue weighted by Gasteiger charge is 2.17. The van der Waals surface area contributed by atoms with Crippen LogP contribution >= 0.6 is 0 Å². The van der Waals surface area contributed by atoms with Crippen LogP contribution in [0.15, 0.2) is 18.2 Å². The number of hydrogen-bond donors (Lipinski definition) is 2. The number of nitrogens with zero attached hydrogens (tertiary/aromatic N) is 2. The fourth-order valence-corrected chi connectivity index (χ4v) is 2.33. The van der Waals surface area contributed by atoms with Crippen molar-refractivity contribution in [2.24, 2.45) is 7.05 Å². The molecule has 2 heterocycles. The van der Waals surface area contributed by atoms with E-state index in [-0.39, 0.29) is 5.91 Å². The molecule has 20 heavy (non-hydrogen) atoms. The molecular formula is C14H16N4O2. The van der Waals surface area contributed by atoms with Crippen molar-refractivity contribution in [3.05, 3.63) is 35.0 Å². The van der Waals surface area contributed by atoms with E-state index in [1.54, 1.807) is 24.7 Å². The molecule has 1 aromatic carbocycles. The van der Waals surface area contributed by atoms with E-state index in [1.807, 2.05) is 12.1 Å². The summed E-state index contributed by atoms with van der Waals surface area (Å²) in [6.45, 7) is 2.48. The predicted octanol–water partition coefficient (Wildman–Crippen LogP) is 1.50. The lowest BCUT2D eigenvalue weighted by molar-refractivity contribution is 0.102. The maximum atomic E-state index is 12.3. The summed E-state index contributed by atoms with van der Waals surface area (Å²) in [5, 5.41) is 6.97. The Hall–Kier alpha value is -2.50. The normalized spacial score (nSPS) is 12.9. The number of carbonyl (C=O) groups is 1. The monoisotopic (exact) mass is 272 g/mol. The van der Waals surface area contributed by atoms with Crippen molar-refractivity contribution in [1.82, 2.24) is 9.78 Å². The van der Waals surface area contributed by atoms with E-state index < -0.39 is 0 Å². The quantitative estimate of drug-likeness (QED) is 0.868. The van der Waals surface area contributed by atoms with Gasteiger partial charge in [-0.05, 0) is 30.7 Å². The number of amides is 1. The van der Waals surface area contributed by atoms with Crippen molar-refractivity contribution < 1.29 is 9.53 Å². The number of hydrogen-bond acceptors (Lipinski definition) is 4. The van der Waals surface area contributed by atoms with Gasteiger partial charge in [0.05, 0.1) is 18.0 Å². The van der Waals surface area contributed by atoms with Gasteiger partial charge in [0.1, 0.15) is 5.75 Å². The Labute approximate surface area is 116 Å². The zero-order valence-electron chi connectivity index (χ0n) is 11.4. The van der Waals surface area contributed by atoms with Crippen LogP contribution in [0, 0.1) is 6.92 Å². The van der Waals surface area contributed by atoms with Crippen LogP contribution in [0.3, 0.4) is 0 Å². The number of rotatable bonds is 2. The largest absolute Gasteiger partial charge is 0.493 e. The summed E-state index contributed by atoms with van der Waals surface area (Å²) < 4.78 is 7.00. The molecule has 6 nitrogen and oxygen atoms in total. The van der Waals surface area contributed by atoms with Gasteiger partial charge < -0.3 is 15.8 Å². The summed E-state index contributed by atoms with van der Waals surface area (Å²) in [6, 6.07) is 5.44. The van der Waals surface area contributed by atoms with E-state index in [9.17, 15) is 4.79 Å². The average Bonchev–Trinajstić information content (AvgIpc) is 2.98. The maximum absolute atomic E-state index is 12.3. The summed E-state index contributed by atoms with van der Waals surface area (Å²) in [5.41, 5.74) is 8.74. The average molecular weight is 272 g/mol. The van der Waals surface area contributed by atoms with Gasteiger partial charge in [0.25, 0.3) is 5.91 Å². The van der Waals surface area contributed by atoms with Crippen LogP contribution in [-0.2, 0) is 13.5 Å². The number of nitrogens with one attached hydrogen (secondary N) is 1. The highest BCUT2D eigenvalue weighted by Crippen LogP contribution is 2.27. The molecule has 3 N–H and O–H groups in total. The lowest BCUT2D eigenvalue weighted by atomic mass is 10.1. The number of nitrogens with two attached hydrogens (primary N) is 1. The Bertz CT molecular complexity index is 691. The maximum Gasteiger partial charge on any atom is 0.256 e. The van der Waals surface area contributed by atoms with E-state index in [4.69, 9.17) is 10.5 Å². The zero-order valence-corrected chi connectivity index (χ0v) is 11.4. The molecule has 3 rings (SSSR count). The van der Waals surface area contributed by atoms with Crippen LogP contribution in [0.4, 0.5) is 11.5 Å². The standard InChI is InChI=1S/C14H16N4O2/c1-8-12(15)13(18(2)17-8)16-14(19)10-3-4-11-9(7-10)5-6-20-11/h3-4,7H,5-6,15H2,1-2H3,(H,16,19). The summed E-state index contributed by atoms with van der Waals surface area (Å²) in [7, 11) is 1.75. The minimum Gasteiger partial charge on any atom is -0.493 e. The first-order chi connectivity index (χ1) is 9.56. The van der Waals surface area contributed by atoms with Gasteiger partial charge in [0.15, 0.2) is 5.82 Å². The second-order valence-corrected chi connectivity index (χ2v) is 4.85. The van der Waals surface area contributed by atoms with Crippen LogP contribution in [-0.4, -0.2) is 22.3 Å². The van der Waals surface area contributed by atoms with Gasteiger partial charge in [0, 0.05) is 19.0 Å². The van der Waals surface area contributed by atoms with Gasteiger partial charge in [-0.3, -0.25) is 9.48 Å². The first-order valence-corrected chi connectivity index (χ1v) is 6.42. The van der Waals surface area contributed by atoms with Gasteiger partial charge >= 0.3 is 0 Å². The molecule has 0 unspecified atom stereocenters. The first kappa shape index (κ1) is 12.5. The molecule has 104 valence electrons. The zero-order chi connectivity index (χ0) is 14.3. The molecule has 0 bridgehead atoms. The Balaban J connectivity index is 1.86. The smallest absolute Gasteiger partial charge is 0.256 e. The molecule has 2 aromatic rings. The first-order valence-electron chi connectivity index (χ1n) is 6.42. The molecule has 0 spiro atoms. The Morgan fingerprint density at radius 1 is 1.50 bits per heavy atom. The van der Waals surface area contributed by atoms with E-state index in [0.29, 0.717) is 29.4 Å². The van der Waals surface area contributed by atoms with Crippen LogP contribution < -0.4 is 15.8 Å². The number of benzene rings is 1. The molecule has 0 saturated heterocycles. The van der Waals surface area contributed by atoms with Crippen LogP contribution in [0.25, 0.3) is 0 Å². The van der Waals surface area contributed by atoms with Crippen LogP contribution in [0.2, 0.25) is 0 Å². The van der Waals surface area contributed by atoms with Crippen LogP contribution in [0.5, 0.6) is 5.75 Å². The predicted molar refractivity (Wildman–Crippen MR) is 76.0 cm³/mol. The summed E-state index contributed by atoms with van der Waals surface area (Å²) in [6.07, 6.45) is 0.837. The highest BCUT2D eigenvalue weighted by atomic mass is 16.5. The third kappa shape index (κ3) is 1.99. The topological polar surface area (TPSA) is 82.2 Å². The van der Waals surface area contributed by atoms with Crippen LogP contribution in [0.1, 0.15) is 21.6 Å². The summed E-state index contributed by atoms with van der Waals surface area (Å²) in [4.78, 5) is 12.3. The number of aromatic nitrogens is 2. The molecule has 0 atom stereocenters. The molecule has 0 saturated carbocycles. The Morgan fingerprint density at radius 3 is 3.00 bits per heavy atom. The van der Waals surface area contributed by atoms with Crippen molar-refractivity contribution in [2.45, 2.75) is 13.3 Å². The molecule has 1 aromatic heterocycles. The van der Waals surface area contributed by atoms with Gasteiger partial charge in [-0.15, -0.1) is 0 Å². The number of aryl methyl sites for hydroxylation is 2. The SMILES string of the molecule is Cc1nn(C)c(NC(=O)c2ccc3c(c2)CCO3)c1N. The third-order valence-electron chi connectivity index (χ3n) is 3.45. The van der Waals surface area contributed by atoms with Crippen molar-refractivity contribution >= 4 is 17.4 Å². The minimum absolute atomic E-state index is 0.200. The Morgan fingerprint density at radius 2 is 2.30 bits per heavy atom. The second-order valence-electron chi connectivity index (χ2n) is 4.85. The van der Waals surface area contributed by atoms with Gasteiger partial charge in [-0.1, -0.05) is 0 Å². The second kappa shape index (κ2) is 4.56. The number of nitrogen functional groups attached to an aromatic ring is 1. The lowest BCUT2D eigenvalue weighted by Gasteiger charge is -2.07. The number of anilines is 2. The minimum atomic E-state index is -0.200. The molecule has 6 heteroatoms. The molecular weight excluding hydrogens is 256 g/mol. The molecule has 1 amide bonds. The van der Waals surface area contributed by atoms with Crippen molar-refractivity contribution in [2.75, 3.05) is 17.7 Å². The van der Waals surface area contributed by atoms with Crippen molar-refractivity contribution in [3.8, 4) is 5.75 Å². The molecule has 1 aliphatic rings. The molecule has 0 radical (unpaired) electrons. The van der Waals surface area contributed by atoms with Gasteiger partial charge in [-0.2, -0.15) is 5.10 Å². The molecule has 0 fully saturated rings. The van der Waals surface area contributed by atoms with Crippen molar-refractivity contribution in [1.29, 1.82) is 0 Å². The van der Waals surface area contributed by atoms with E-state index in [0.717, 1.165) is 17.7 Å². The van der Waals surface area contributed by atoms with Gasteiger partial charge in [-0.25, -0.2) is 0 Å². The Kier molecular flexibility index (Phi) is 2.85. The number of fused-ring (bicyclic) bond motifs is 1. The summed E-state index contributed by atoms with van der Waals surface area (Å²) >= 11 is 0. The lowest BCUT2D eigenvalue weighted by Crippen LogP contribution is -2.15. The van der Waals surface area contributed by atoms with Gasteiger partial charge in [0.2, 0.25) is 0 Å². The highest BCUT2D eigenvalue weighted by molar-refractivity contribution is 6.05. The fraction of sp³-hybridized carbons (Fsp3) is 0.286.